The number of amides is 1. The molecule has 1 aromatic carbocycles. The van der Waals surface area contributed by atoms with E-state index in [0.29, 0.717) is 6.54 Å². The largest absolute Gasteiger partial charge is 0.329 e. The van der Waals surface area contributed by atoms with Gasteiger partial charge in [-0.05, 0) is 37.5 Å². The number of carbonyl (C=O) groups excluding carboxylic acids is 1. The number of rotatable bonds is 3. The molecule has 0 heterocycles. The van der Waals surface area contributed by atoms with Crippen LogP contribution in [-0.2, 0) is 4.79 Å². The van der Waals surface area contributed by atoms with Crippen LogP contribution in [-0.4, -0.2) is 12.5 Å². The van der Waals surface area contributed by atoms with Gasteiger partial charge >= 0.3 is 0 Å². The molecule has 0 bridgehead atoms. The summed E-state index contributed by atoms with van der Waals surface area (Å²) in [4.78, 5) is 12.0. The lowest BCUT2D eigenvalue weighted by Crippen LogP contribution is -2.31. The summed E-state index contributed by atoms with van der Waals surface area (Å²) in [5, 5.41) is 2.96. The molecule has 16 heavy (non-hydrogen) atoms. The molecular weight excluding hydrogens is 268 g/mol. The maximum atomic E-state index is 12.0. The van der Waals surface area contributed by atoms with Crippen molar-refractivity contribution in [2.24, 2.45) is 11.1 Å². The molecule has 0 aliphatic heterocycles. The Labute approximate surface area is 104 Å². The zero-order chi connectivity index (χ0) is 11.8. The predicted molar refractivity (Wildman–Crippen MR) is 68.2 cm³/mol. The number of carbonyl (C=O) groups is 1. The van der Waals surface area contributed by atoms with Gasteiger partial charge in [0.1, 0.15) is 0 Å². The minimum Gasteiger partial charge on any atom is -0.329 e. The van der Waals surface area contributed by atoms with E-state index < -0.39 is 0 Å². The molecule has 0 radical (unpaired) electrons. The molecule has 1 saturated carbocycles. The highest BCUT2D eigenvalue weighted by Gasteiger charge is 2.48. The fourth-order valence-electron chi connectivity index (χ4n) is 1.67. The molecule has 0 unspecified atom stereocenters. The first-order valence-electron chi connectivity index (χ1n) is 5.36. The van der Waals surface area contributed by atoms with Crippen molar-refractivity contribution in [1.29, 1.82) is 0 Å². The SMILES string of the molecule is Cc1c(Br)cccc1NC(=O)C1(CN)CC1. The van der Waals surface area contributed by atoms with Gasteiger partial charge in [-0.25, -0.2) is 0 Å². The lowest BCUT2D eigenvalue weighted by atomic mass is 10.1. The number of anilines is 1. The first-order valence-corrected chi connectivity index (χ1v) is 6.15. The Morgan fingerprint density at radius 1 is 1.56 bits per heavy atom. The van der Waals surface area contributed by atoms with Crippen LogP contribution in [0.2, 0.25) is 0 Å². The predicted octanol–water partition coefficient (Wildman–Crippen LogP) is 2.43. The third kappa shape index (κ3) is 1.99. The highest BCUT2D eigenvalue weighted by atomic mass is 79.9. The molecule has 3 nitrogen and oxygen atoms in total. The summed E-state index contributed by atoms with van der Waals surface area (Å²) in [5.74, 6) is 0.0520. The van der Waals surface area contributed by atoms with Crippen LogP contribution in [0.25, 0.3) is 0 Å². The van der Waals surface area contributed by atoms with Crippen LogP contribution < -0.4 is 11.1 Å². The summed E-state index contributed by atoms with van der Waals surface area (Å²) in [6.07, 6.45) is 1.81. The number of nitrogens with one attached hydrogen (secondary N) is 1. The quantitative estimate of drug-likeness (QED) is 0.895. The van der Waals surface area contributed by atoms with E-state index >= 15 is 0 Å². The van der Waals surface area contributed by atoms with E-state index in [4.69, 9.17) is 5.73 Å². The molecule has 86 valence electrons. The molecule has 1 aromatic rings. The van der Waals surface area contributed by atoms with Crippen molar-refractivity contribution < 1.29 is 4.79 Å². The third-order valence-corrected chi connectivity index (χ3v) is 4.10. The van der Waals surface area contributed by atoms with Gasteiger partial charge in [-0.1, -0.05) is 22.0 Å². The molecule has 1 fully saturated rings. The van der Waals surface area contributed by atoms with Crippen LogP contribution in [0.3, 0.4) is 0 Å². The Morgan fingerprint density at radius 3 is 2.81 bits per heavy atom. The van der Waals surface area contributed by atoms with Crippen molar-refractivity contribution >= 4 is 27.5 Å². The number of benzene rings is 1. The molecule has 1 amide bonds. The molecule has 2 rings (SSSR count). The van der Waals surface area contributed by atoms with E-state index in [2.05, 4.69) is 21.2 Å². The molecule has 0 aromatic heterocycles. The fourth-order valence-corrected chi connectivity index (χ4v) is 2.04. The second kappa shape index (κ2) is 4.18. The highest BCUT2D eigenvalue weighted by molar-refractivity contribution is 9.10. The van der Waals surface area contributed by atoms with Crippen molar-refractivity contribution in [2.75, 3.05) is 11.9 Å². The van der Waals surface area contributed by atoms with E-state index in [1.165, 1.54) is 0 Å². The van der Waals surface area contributed by atoms with Gasteiger partial charge in [-0.3, -0.25) is 4.79 Å². The zero-order valence-electron chi connectivity index (χ0n) is 9.22. The Balaban J connectivity index is 2.15. The first-order chi connectivity index (χ1) is 7.59. The van der Waals surface area contributed by atoms with Gasteiger partial charge in [0, 0.05) is 16.7 Å². The Kier molecular flexibility index (Phi) is 3.04. The fraction of sp³-hybridized carbons (Fsp3) is 0.417. The van der Waals surface area contributed by atoms with E-state index in [1.807, 2.05) is 25.1 Å². The highest BCUT2D eigenvalue weighted by Crippen LogP contribution is 2.45. The van der Waals surface area contributed by atoms with Crippen molar-refractivity contribution in [3.8, 4) is 0 Å². The summed E-state index contributed by atoms with van der Waals surface area (Å²) >= 11 is 3.44. The number of halogens is 1. The van der Waals surface area contributed by atoms with Gasteiger partial charge < -0.3 is 11.1 Å². The van der Waals surface area contributed by atoms with Crippen LogP contribution in [0.5, 0.6) is 0 Å². The maximum absolute atomic E-state index is 12.0. The van der Waals surface area contributed by atoms with Gasteiger partial charge in [-0.15, -0.1) is 0 Å². The van der Waals surface area contributed by atoms with Crippen molar-refractivity contribution in [3.05, 3.63) is 28.2 Å². The van der Waals surface area contributed by atoms with Crippen LogP contribution in [0.15, 0.2) is 22.7 Å². The number of hydrogen-bond acceptors (Lipinski definition) is 2. The Hall–Kier alpha value is -0.870. The lowest BCUT2D eigenvalue weighted by Gasteiger charge is -2.14. The van der Waals surface area contributed by atoms with E-state index in [0.717, 1.165) is 28.6 Å². The minimum atomic E-state index is -0.297. The van der Waals surface area contributed by atoms with Gasteiger partial charge in [-0.2, -0.15) is 0 Å². The molecule has 1 aliphatic rings. The third-order valence-electron chi connectivity index (χ3n) is 3.24. The summed E-state index contributed by atoms with van der Waals surface area (Å²) < 4.78 is 1.00. The second-order valence-electron chi connectivity index (χ2n) is 4.35. The van der Waals surface area contributed by atoms with E-state index in [-0.39, 0.29) is 11.3 Å². The van der Waals surface area contributed by atoms with Crippen molar-refractivity contribution in [1.82, 2.24) is 0 Å². The van der Waals surface area contributed by atoms with Gasteiger partial charge in [0.2, 0.25) is 5.91 Å². The van der Waals surface area contributed by atoms with Crippen molar-refractivity contribution in [3.63, 3.8) is 0 Å². The Bertz CT molecular complexity index is 427. The smallest absolute Gasteiger partial charge is 0.231 e. The summed E-state index contributed by atoms with van der Waals surface area (Å²) in [6.45, 7) is 2.41. The Morgan fingerprint density at radius 2 is 2.25 bits per heavy atom. The summed E-state index contributed by atoms with van der Waals surface area (Å²) in [6, 6.07) is 5.78. The van der Waals surface area contributed by atoms with Gasteiger partial charge in [0.25, 0.3) is 0 Å². The van der Waals surface area contributed by atoms with E-state index in [9.17, 15) is 4.79 Å². The minimum absolute atomic E-state index is 0.0520. The van der Waals surface area contributed by atoms with Gasteiger partial charge in [0.05, 0.1) is 5.41 Å². The topological polar surface area (TPSA) is 55.1 Å². The number of nitrogens with two attached hydrogens (primary N) is 1. The second-order valence-corrected chi connectivity index (χ2v) is 5.21. The average Bonchev–Trinajstić information content (AvgIpc) is 3.05. The maximum Gasteiger partial charge on any atom is 0.231 e. The normalized spacial score (nSPS) is 16.9. The van der Waals surface area contributed by atoms with Crippen molar-refractivity contribution in [2.45, 2.75) is 19.8 Å². The number of hydrogen-bond donors (Lipinski definition) is 2. The summed E-state index contributed by atoms with van der Waals surface area (Å²) in [7, 11) is 0. The molecule has 3 N–H and O–H groups in total. The van der Waals surface area contributed by atoms with Crippen LogP contribution in [0.4, 0.5) is 5.69 Å². The zero-order valence-corrected chi connectivity index (χ0v) is 10.8. The van der Waals surface area contributed by atoms with Crippen LogP contribution >= 0.6 is 15.9 Å². The molecule has 1 aliphatic carbocycles. The van der Waals surface area contributed by atoms with E-state index in [1.54, 1.807) is 0 Å². The molecular formula is C12H15BrN2O. The van der Waals surface area contributed by atoms with Crippen LogP contribution in [0.1, 0.15) is 18.4 Å². The summed E-state index contributed by atoms with van der Waals surface area (Å²) in [5.41, 5.74) is 7.23. The standard InChI is InChI=1S/C12H15BrN2O/c1-8-9(13)3-2-4-10(8)15-11(16)12(7-14)5-6-12/h2-4H,5-7,14H2,1H3,(H,15,16). The molecule has 0 saturated heterocycles. The molecule has 0 atom stereocenters. The first kappa shape index (κ1) is 11.6. The average molecular weight is 283 g/mol. The lowest BCUT2D eigenvalue weighted by molar-refractivity contribution is -0.120. The van der Waals surface area contributed by atoms with Crippen LogP contribution in [0, 0.1) is 12.3 Å². The molecule has 4 heteroatoms. The molecule has 0 spiro atoms. The monoisotopic (exact) mass is 282 g/mol. The van der Waals surface area contributed by atoms with Gasteiger partial charge in [0.15, 0.2) is 0 Å².